The molecular formula is C12H22N2O3. The number of nitrogens with one attached hydrogen (secondary N) is 1. The number of carbonyl (C=O) groups excluding carboxylic acids is 2. The van der Waals surface area contributed by atoms with Gasteiger partial charge in [-0.05, 0) is 40.7 Å². The predicted molar refractivity (Wildman–Crippen MR) is 64.9 cm³/mol. The highest BCUT2D eigenvalue weighted by molar-refractivity contribution is 5.82. The van der Waals surface area contributed by atoms with E-state index >= 15 is 0 Å². The van der Waals surface area contributed by atoms with Crippen LogP contribution in [0.15, 0.2) is 0 Å². The second-order valence-electron chi connectivity index (χ2n) is 5.40. The van der Waals surface area contributed by atoms with Crippen LogP contribution in [0.1, 0.15) is 34.1 Å². The summed E-state index contributed by atoms with van der Waals surface area (Å²) < 4.78 is 5.31. The van der Waals surface area contributed by atoms with Crippen molar-refractivity contribution < 1.29 is 14.3 Å². The normalized spacial score (nSPS) is 21.9. The van der Waals surface area contributed by atoms with E-state index in [2.05, 4.69) is 5.32 Å². The summed E-state index contributed by atoms with van der Waals surface area (Å²) in [5, 5.41) is 3.13. The topological polar surface area (TPSA) is 58.6 Å². The molecule has 0 radical (unpaired) electrons. The maximum absolute atomic E-state index is 11.9. The van der Waals surface area contributed by atoms with Gasteiger partial charge in [0.15, 0.2) is 0 Å². The third-order valence-electron chi connectivity index (χ3n) is 2.54. The predicted octanol–water partition coefficient (Wildman–Crippen LogP) is 1.17. The number of ketones is 1. The van der Waals surface area contributed by atoms with Crippen LogP contribution in [0.4, 0.5) is 4.79 Å². The van der Waals surface area contributed by atoms with Crippen LogP contribution in [0.3, 0.4) is 0 Å². The zero-order valence-corrected chi connectivity index (χ0v) is 11.1. The fourth-order valence-electron chi connectivity index (χ4n) is 1.69. The average molecular weight is 242 g/mol. The third-order valence-corrected chi connectivity index (χ3v) is 2.54. The number of nitrogens with zero attached hydrogens (tertiary/aromatic N) is 1. The second-order valence-corrected chi connectivity index (χ2v) is 5.40. The fourth-order valence-corrected chi connectivity index (χ4v) is 1.69. The minimum absolute atomic E-state index is 0.0560. The molecule has 1 N–H and O–H groups in total. The molecule has 0 aromatic carbocycles. The van der Waals surface area contributed by atoms with Gasteiger partial charge >= 0.3 is 6.09 Å². The highest BCUT2D eigenvalue weighted by Gasteiger charge is 2.27. The van der Waals surface area contributed by atoms with Crippen molar-refractivity contribution in [2.24, 2.45) is 0 Å². The fraction of sp³-hybridized carbons (Fsp3) is 0.833. The first-order chi connectivity index (χ1) is 7.79. The van der Waals surface area contributed by atoms with Gasteiger partial charge in [0, 0.05) is 13.1 Å². The molecule has 1 saturated heterocycles. The monoisotopic (exact) mass is 242 g/mol. The number of hydrogen-bond donors (Lipinski definition) is 1. The van der Waals surface area contributed by atoms with E-state index in [1.165, 1.54) is 6.92 Å². The first-order valence-corrected chi connectivity index (χ1v) is 6.01. The number of Topliss-reactive ketones (excluding diaryl/α,β-unsaturated/α-hetero) is 1. The van der Waals surface area contributed by atoms with Crippen molar-refractivity contribution >= 4 is 11.9 Å². The Morgan fingerprint density at radius 3 is 2.53 bits per heavy atom. The SMILES string of the molecule is CC(=O)C1CN(C(=O)OC(C)(C)C)CCCN1. The number of rotatable bonds is 1. The van der Waals surface area contributed by atoms with Gasteiger partial charge in [-0.15, -0.1) is 0 Å². The van der Waals surface area contributed by atoms with Gasteiger partial charge in [0.1, 0.15) is 11.4 Å². The molecule has 0 aliphatic carbocycles. The lowest BCUT2D eigenvalue weighted by atomic mass is 10.2. The highest BCUT2D eigenvalue weighted by atomic mass is 16.6. The summed E-state index contributed by atoms with van der Waals surface area (Å²) in [5.41, 5.74) is -0.497. The molecular weight excluding hydrogens is 220 g/mol. The molecule has 1 aliphatic rings. The van der Waals surface area contributed by atoms with E-state index in [9.17, 15) is 9.59 Å². The summed E-state index contributed by atoms with van der Waals surface area (Å²) in [4.78, 5) is 24.9. The average Bonchev–Trinajstić information content (AvgIpc) is 2.39. The molecule has 1 unspecified atom stereocenters. The number of amides is 1. The lowest BCUT2D eigenvalue weighted by Gasteiger charge is -2.27. The van der Waals surface area contributed by atoms with E-state index in [4.69, 9.17) is 4.74 Å². The maximum atomic E-state index is 11.9. The Morgan fingerprint density at radius 2 is 2.00 bits per heavy atom. The Kier molecular flexibility index (Phi) is 4.51. The Bertz CT molecular complexity index is 297. The van der Waals surface area contributed by atoms with Crippen molar-refractivity contribution in [2.45, 2.75) is 45.8 Å². The van der Waals surface area contributed by atoms with Crippen molar-refractivity contribution in [1.82, 2.24) is 10.2 Å². The van der Waals surface area contributed by atoms with Gasteiger partial charge in [-0.1, -0.05) is 0 Å². The smallest absolute Gasteiger partial charge is 0.410 e. The summed E-state index contributed by atoms with van der Waals surface area (Å²) in [6.45, 7) is 8.83. The molecule has 5 nitrogen and oxygen atoms in total. The van der Waals surface area contributed by atoms with Crippen molar-refractivity contribution in [3.63, 3.8) is 0 Å². The third kappa shape index (κ3) is 4.73. The summed E-state index contributed by atoms with van der Waals surface area (Å²) in [5.74, 6) is 0.0560. The number of ether oxygens (including phenoxy) is 1. The van der Waals surface area contributed by atoms with Gasteiger partial charge < -0.3 is 15.0 Å². The van der Waals surface area contributed by atoms with E-state index in [1.807, 2.05) is 20.8 Å². The zero-order chi connectivity index (χ0) is 13.1. The molecule has 98 valence electrons. The molecule has 0 saturated carbocycles. The molecule has 1 rings (SSSR count). The van der Waals surface area contributed by atoms with E-state index in [-0.39, 0.29) is 17.9 Å². The van der Waals surface area contributed by atoms with Gasteiger partial charge in [0.05, 0.1) is 6.04 Å². The minimum atomic E-state index is -0.497. The number of hydrogen-bond acceptors (Lipinski definition) is 4. The largest absolute Gasteiger partial charge is 0.444 e. The van der Waals surface area contributed by atoms with Crippen LogP contribution >= 0.6 is 0 Å². The summed E-state index contributed by atoms with van der Waals surface area (Å²) in [7, 11) is 0. The highest BCUT2D eigenvalue weighted by Crippen LogP contribution is 2.11. The zero-order valence-electron chi connectivity index (χ0n) is 11.1. The summed E-state index contributed by atoms with van der Waals surface area (Å²) in [6.07, 6.45) is 0.496. The van der Waals surface area contributed by atoms with E-state index in [0.717, 1.165) is 13.0 Å². The Morgan fingerprint density at radius 1 is 1.35 bits per heavy atom. The van der Waals surface area contributed by atoms with E-state index < -0.39 is 5.60 Å². The second kappa shape index (κ2) is 5.49. The lowest BCUT2D eigenvalue weighted by Crippen LogP contribution is -2.45. The molecule has 1 aliphatic heterocycles. The van der Waals surface area contributed by atoms with Crippen LogP contribution in [0.25, 0.3) is 0 Å². The van der Waals surface area contributed by atoms with Crippen LogP contribution in [-0.4, -0.2) is 48.1 Å². The molecule has 1 fully saturated rings. The maximum Gasteiger partial charge on any atom is 0.410 e. The summed E-state index contributed by atoms with van der Waals surface area (Å²) >= 11 is 0. The quantitative estimate of drug-likeness (QED) is 0.750. The lowest BCUT2D eigenvalue weighted by molar-refractivity contribution is -0.119. The van der Waals surface area contributed by atoms with Gasteiger partial charge in [-0.2, -0.15) is 0 Å². The number of carbonyl (C=O) groups is 2. The Labute approximate surface area is 102 Å². The molecule has 0 aromatic rings. The van der Waals surface area contributed by atoms with Gasteiger partial charge in [-0.3, -0.25) is 4.79 Å². The van der Waals surface area contributed by atoms with Crippen molar-refractivity contribution in [1.29, 1.82) is 0 Å². The van der Waals surface area contributed by atoms with E-state index in [0.29, 0.717) is 13.1 Å². The van der Waals surface area contributed by atoms with Gasteiger partial charge in [0.25, 0.3) is 0 Å². The van der Waals surface area contributed by atoms with Crippen LogP contribution in [0.2, 0.25) is 0 Å². The van der Waals surface area contributed by atoms with Crippen molar-refractivity contribution in [3.8, 4) is 0 Å². The van der Waals surface area contributed by atoms with Crippen LogP contribution in [0, 0.1) is 0 Å². The van der Waals surface area contributed by atoms with Gasteiger partial charge in [0.2, 0.25) is 0 Å². The van der Waals surface area contributed by atoms with Gasteiger partial charge in [-0.25, -0.2) is 4.79 Å². The first kappa shape index (κ1) is 14.0. The molecule has 0 aromatic heterocycles. The van der Waals surface area contributed by atoms with Crippen molar-refractivity contribution in [2.75, 3.05) is 19.6 Å². The molecule has 1 heterocycles. The Hall–Kier alpha value is -1.10. The molecule has 1 amide bonds. The van der Waals surface area contributed by atoms with Crippen LogP contribution < -0.4 is 5.32 Å². The molecule has 0 bridgehead atoms. The molecule has 1 atom stereocenters. The van der Waals surface area contributed by atoms with Crippen LogP contribution in [-0.2, 0) is 9.53 Å². The minimum Gasteiger partial charge on any atom is -0.444 e. The van der Waals surface area contributed by atoms with E-state index in [1.54, 1.807) is 4.90 Å². The Balaban J connectivity index is 2.62. The van der Waals surface area contributed by atoms with Crippen LogP contribution in [0.5, 0.6) is 0 Å². The first-order valence-electron chi connectivity index (χ1n) is 6.01. The van der Waals surface area contributed by atoms with Crippen molar-refractivity contribution in [3.05, 3.63) is 0 Å². The standard InChI is InChI=1S/C12H22N2O3/c1-9(15)10-8-14(7-5-6-13-10)11(16)17-12(2,3)4/h10,13H,5-8H2,1-4H3. The molecule has 5 heteroatoms. The summed E-state index contributed by atoms with van der Waals surface area (Å²) in [6, 6.07) is -0.273. The molecule has 17 heavy (non-hydrogen) atoms. The molecule has 0 spiro atoms.